The third-order valence-corrected chi connectivity index (χ3v) is 1.75. The number of aliphatic hydroxyl groups is 1. The van der Waals surface area contributed by atoms with E-state index in [1.807, 2.05) is 0 Å². The Balaban J connectivity index is 2.62. The Labute approximate surface area is 63.0 Å². The van der Waals surface area contributed by atoms with E-state index in [-0.39, 0.29) is 0 Å². The zero-order valence-electron chi connectivity index (χ0n) is 5.94. The molecule has 3 atom stereocenters. The molecule has 1 heterocycles. The topological polar surface area (TPSA) is 86.6 Å². The van der Waals surface area contributed by atoms with Crippen molar-refractivity contribution in [1.82, 2.24) is 5.32 Å². The van der Waals surface area contributed by atoms with E-state index in [0.29, 0.717) is 0 Å². The van der Waals surface area contributed by atoms with Gasteiger partial charge in [-0.1, -0.05) is 0 Å². The highest BCUT2D eigenvalue weighted by Gasteiger charge is 2.46. The molecule has 0 saturated carbocycles. The number of rotatable bonds is 2. The molecule has 1 fully saturated rings. The van der Waals surface area contributed by atoms with Crippen LogP contribution < -0.4 is 5.32 Å². The predicted octanol–water partition coefficient (Wildman–Crippen LogP) is -1.43. The van der Waals surface area contributed by atoms with Crippen molar-refractivity contribution in [2.24, 2.45) is 5.92 Å². The minimum atomic E-state index is -1.10. The molecule has 5 heteroatoms. The first kappa shape index (κ1) is 8.00. The normalized spacial score (nSPS) is 32.0. The van der Waals surface area contributed by atoms with Gasteiger partial charge in [0.15, 0.2) is 0 Å². The number of carbonyl (C=O) groups excluding carboxylic acids is 1. The molecule has 1 rings (SSSR count). The third kappa shape index (κ3) is 1.19. The highest BCUT2D eigenvalue weighted by molar-refractivity contribution is 5.96. The van der Waals surface area contributed by atoms with Crippen molar-refractivity contribution in [2.75, 3.05) is 0 Å². The summed E-state index contributed by atoms with van der Waals surface area (Å²) in [4.78, 5) is 21.0. The summed E-state index contributed by atoms with van der Waals surface area (Å²) >= 11 is 0. The second-order valence-electron chi connectivity index (χ2n) is 2.59. The fraction of sp³-hybridized carbons (Fsp3) is 0.667. The van der Waals surface area contributed by atoms with Crippen LogP contribution >= 0.6 is 0 Å². The smallest absolute Gasteiger partial charge is 0.327 e. The number of β-lactam (4-membered cyclic amide) rings is 1. The third-order valence-electron chi connectivity index (χ3n) is 1.75. The summed E-state index contributed by atoms with van der Waals surface area (Å²) in [7, 11) is 0. The molecule has 11 heavy (non-hydrogen) atoms. The molecule has 5 nitrogen and oxygen atoms in total. The number of carbonyl (C=O) groups is 2. The van der Waals surface area contributed by atoms with E-state index in [1.165, 1.54) is 6.92 Å². The maximum Gasteiger partial charge on any atom is 0.327 e. The Hall–Kier alpha value is -1.10. The van der Waals surface area contributed by atoms with E-state index in [4.69, 9.17) is 10.2 Å². The van der Waals surface area contributed by atoms with E-state index in [0.717, 1.165) is 0 Å². The van der Waals surface area contributed by atoms with Gasteiger partial charge in [-0.15, -0.1) is 0 Å². The molecule has 0 spiro atoms. The maximum atomic E-state index is 10.7. The maximum absolute atomic E-state index is 10.7. The van der Waals surface area contributed by atoms with Crippen LogP contribution in [0.5, 0.6) is 0 Å². The molecular formula is C6H9NO4. The summed E-state index contributed by atoms with van der Waals surface area (Å²) in [6.07, 6.45) is -0.898. The lowest BCUT2D eigenvalue weighted by Gasteiger charge is -2.35. The van der Waals surface area contributed by atoms with Crippen molar-refractivity contribution >= 4 is 11.9 Å². The molecule has 0 aliphatic carbocycles. The van der Waals surface area contributed by atoms with Gasteiger partial charge in [0.05, 0.1) is 12.0 Å². The molecule has 0 bridgehead atoms. The van der Waals surface area contributed by atoms with Crippen molar-refractivity contribution < 1.29 is 19.8 Å². The van der Waals surface area contributed by atoms with Crippen LogP contribution in [0, 0.1) is 5.92 Å². The van der Waals surface area contributed by atoms with Gasteiger partial charge in [-0.05, 0) is 6.92 Å². The van der Waals surface area contributed by atoms with Crippen LogP contribution in [0.15, 0.2) is 0 Å². The average molecular weight is 159 g/mol. The molecule has 1 amide bonds. The largest absolute Gasteiger partial charge is 0.480 e. The van der Waals surface area contributed by atoms with Gasteiger partial charge in [0.1, 0.15) is 6.04 Å². The van der Waals surface area contributed by atoms with E-state index in [1.54, 1.807) is 0 Å². The zero-order chi connectivity index (χ0) is 8.59. The van der Waals surface area contributed by atoms with E-state index in [2.05, 4.69) is 5.32 Å². The molecule has 0 radical (unpaired) electrons. The first-order chi connectivity index (χ1) is 5.04. The molecule has 3 N–H and O–H groups in total. The molecule has 0 aromatic rings. The Morgan fingerprint density at radius 1 is 1.73 bits per heavy atom. The van der Waals surface area contributed by atoms with E-state index < -0.39 is 29.9 Å². The number of aliphatic carboxylic acids is 1. The van der Waals surface area contributed by atoms with Crippen LogP contribution in [0.25, 0.3) is 0 Å². The number of carboxylic acid groups (broad SMARTS) is 1. The summed E-state index contributed by atoms with van der Waals surface area (Å²) in [6.45, 7) is 1.40. The van der Waals surface area contributed by atoms with Gasteiger partial charge in [-0.2, -0.15) is 0 Å². The zero-order valence-corrected chi connectivity index (χ0v) is 5.94. The lowest BCUT2D eigenvalue weighted by molar-refractivity contribution is -0.157. The molecule has 0 aromatic carbocycles. The van der Waals surface area contributed by atoms with Crippen LogP contribution in [0.2, 0.25) is 0 Å². The minimum Gasteiger partial charge on any atom is -0.480 e. The van der Waals surface area contributed by atoms with Gasteiger partial charge in [-0.3, -0.25) is 4.79 Å². The van der Waals surface area contributed by atoms with Crippen LogP contribution in [0.1, 0.15) is 6.92 Å². The minimum absolute atomic E-state index is 0.396. The van der Waals surface area contributed by atoms with Crippen LogP contribution in [0.3, 0.4) is 0 Å². The first-order valence-corrected chi connectivity index (χ1v) is 3.25. The number of hydrogen-bond acceptors (Lipinski definition) is 3. The summed E-state index contributed by atoms with van der Waals surface area (Å²) in [5.74, 6) is -2.28. The highest BCUT2D eigenvalue weighted by atomic mass is 16.4. The Bertz CT molecular complexity index is 201. The molecule has 1 aliphatic heterocycles. The molecule has 1 aliphatic rings. The Morgan fingerprint density at radius 2 is 2.27 bits per heavy atom. The number of amides is 1. The van der Waals surface area contributed by atoms with Gasteiger partial charge >= 0.3 is 5.97 Å². The standard InChI is InChI=1S/C6H9NO4/c1-2(8)3-4(6(10)11)7-5(3)9/h2-4,8H,1H3,(H,7,9)(H,10,11)/t2?,3-,4+/m1/s1. The van der Waals surface area contributed by atoms with Crippen LogP contribution in [-0.2, 0) is 9.59 Å². The fourth-order valence-corrected chi connectivity index (χ4v) is 1.11. The SMILES string of the molecule is CC(O)[C@H]1C(=O)N[C@@H]1C(=O)O. The lowest BCUT2D eigenvalue weighted by atomic mass is 9.86. The number of aliphatic hydroxyl groups excluding tert-OH is 1. The lowest BCUT2D eigenvalue weighted by Crippen LogP contribution is -2.65. The van der Waals surface area contributed by atoms with Crippen molar-refractivity contribution in [3.8, 4) is 0 Å². The van der Waals surface area contributed by atoms with Gasteiger partial charge in [-0.25, -0.2) is 4.79 Å². The Kier molecular flexibility index (Phi) is 1.82. The second-order valence-corrected chi connectivity index (χ2v) is 2.59. The molecular weight excluding hydrogens is 150 g/mol. The summed E-state index contributed by atoms with van der Waals surface area (Å²) in [6, 6.07) is -0.914. The molecule has 62 valence electrons. The van der Waals surface area contributed by atoms with Crippen LogP contribution in [-0.4, -0.2) is 34.2 Å². The Morgan fingerprint density at radius 3 is 2.45 bits per heavy atom. The number of carboxylic acids is 1. The predicted molar refractivity (Wildman–Crippen MR) is 34.7 cm³/mol. The van der Waals surface area contributed by atoms with Gasteiger partial charge in [0, 0.05) is 0 Å². The molecule has 1 unspecified atom stereocenters. The quantitative estimate of drug-likeness (QED) is 0.431. The van der Waals surface area contributed by atoms with E-state index in [9.17, 15) is 9.59 Å². The van der Waals surface area contributed by atoms with Gasteiger partial charge in [0.25, 0.3) is 0 Å². The summed E-state index contributed by atoms with van der Waals surface area (Å²) in [5, 5.41) is 19.6. The number of hydrogen-bond donors (Lipinski definition) is 3. The van der Waals surface area contributed by atoms with E-state index >= 15 is 0 Å². The average Bonchev–Trinajstić information content (AvgIpc) is 1.80. The van der Waals surface area contributed by atoms with Crippen molar-refractivity contribution in [2.45, 2.75) is 19.1 Å². The summed E-state index contributed by atoms with van der Waals surface area (Å²) < 4.78 is 0. The van der Waals surface area contributed by atoms with Crippen molar-refractivity contribution in [1.29, 1.82) is 0 Å². The number of nitrogens with one attached hydrogen (secondary N) is 1. The monoisotopic (exact) mass is 159 g/mol. The van der Waals surface area contributed by atoms with Gasteiger partial charge in [0.2, 0.25) is 5.91 Å². The van der Waals surface area contributed by atoms with Crippen molar-refractivity contribution in [3.05, 3.63) is 0 Å². The molecule has 1 saturated heterocycles. The fourth-order valence-electron chi connectivity index (χ4n) is 1.11. The first-order valence-electron chi connectivity index (χ1n) is 3.25. The highest BCUT2D eigenvalue weighted by Crippen LogP contribution is 2.18. The van der Waals surface area contributed by atoms with Crippen LogP contribution in [0.4, 0.5) is 0 Å². The summed E-state index contributed by atoms with van der Waals surface area (Å²) in [5.41, 5.74) is 0. The van der Waals surface area contributed by atoms with Crippen molar-refractivity contribution in [3.63, 3.8) is 0 Å². The molecule has 0 aromatic heterocycles. The van der Waals surface area contributed by atoms with Gasteiger partial charge < -0.3 is 15.5 Å². The second kappa shape index (κ2) is 2.50.